The van der Waals surface area contributed by atoms with Crippen LogP contribution in [0.3, 0.4) is 0 Å². The summed E-state index contributed by atoms with van der Waals surface area (Å²) >= 11 is 3.81. The zero-order valence-corrected chi connectivity index (χ0v) is 10.4. The number of hydrogen-bond donors (Lipinski definition) is 0. The molecule has 0 fully saturated rings. The molecule has 0 unspecified atom stereocenters. The van der Waals surface area contributed by atoms with E-state index in [0.717, 1.165) is 0 Å². The zero-order chi connectivity index (χ0) is 9.19. The highest BCUT2D eigenvalue weighted by atomic mass is 79.9. The summed E-state index contributed by atoms with van der Waals surface area (Å²) in [5, 5.41) is 1.83. The lowest BCUT2D eigenvalue weighted by Gasteiger charge is -2.23. The van der Waals surface area contributed by atoms with Gasteiger partial charge in [-0.1, -0.05) is 51.1 Å². The van der Waals surface area contributed by atoms with Crippen LogP contribution in [0.4, 0.5) is 0 Å². The lowest BCUT2D eigenvalue weighted by molar-refractivity contribution is 0.756. The van der Waals surface area contributed by atoms with E-state index in [1.54, 1.807) is 0 Å². The maximum Gasteiger partial charge on any atom is 0.175 e. The standard InChI is InChI=1S/C10H14BrSi/c1-10(2,3)12(11)9-7-5-4-6-8-9/h4-8H,1-3H3. The topological polar surface area (TPSA) is 0 Å². The Kier molecular flexibility index (Phi) is 3.13. The van der Waals surface area contributed by atoms with Crippen LogP contribution < -0.4 is 5.19 Å². The molecule has 0 spiro atoms. The molecule has 0 saturated heterocycles. The maximum atomic E-state index is 3.81. The van der Waals surface area contributed by atoms with E-state index in [-0.39, 0.29) is 0 Å². The normalized spacial score (nSPS) is 12.1. The Morgan fingerprint density at radius 1 is 1.08 bits per heavy atom. The first-order valence-electron chi connectivity index (χ1n) is 4.10. The summed E-state index contributed by atoms with van der Waals surface area (Å²) in [5.74, 6) is 0. The van der Waals surface area contributed by atoms with Crippen molar-refractivity contribution in [3.63, 3.8) is 0 Å². The van der Waals surface area contributed by atoms with E-state index in [0.29, 0.717) is 5.04 Å². The summed E-state index contributed by atoms with van der Waals surface area (Å²) in [6.07, 6.45) is 0. The van der Waals surface area contributed by atoms with Crippen LogP contribution >= 0.6 is 15.3 Å². The van der Waals surface area contributed by atoms with Crippen molar-refractivity contribution >= 4 is 27.9 Å². The molecule has 2 heteroatoms. The summed E-state index contributed by atoms with van der Waals surface area (Å²) in [5.41, 5.74) is 0. The lowest BCUT2D eigenvalue weighted by atomic mass is 10.2. The minimum Gasteiger partial charge on any atom is -0.122 e. The number of rotatable bonds is 1. The van der Waals surface area contributed by atoms with Crippen molar-refractivity contribution in [1.82, 2.24) is 0 Å². The number of benzene rings is 1. The highest BCUT2D eigenvalue weighted by Gasteiger charge is 2.25. The number of halogens is 1. The monoisotopic (exact) mass is 241 g/mol. The molecule has 0 atom stereocenters. The highest BCUT2D eigenvalue weighted by molar-refractivity contribution is 9.25. The van der Waals surface area contributed by atoms with E-state index >= 15 is 0 Å². The molecular formula is C10H14BrSi. The fourth-order valence-electron chi connectivity index (χ4n) is 1.02. The van der Waals surface area contributed by atoms with E-state index in [9.17, 15) is 0 Å². The summed E-state index contributed by atoms with van der Waals surface area (Å²) in [4.78, 5) is 0. The third-order valence-electron chi connectivity index (χ3n) is 1.69. The van der Waals surface area contributed by atoms with Crippen LogP contribution in [0, 0.1) is 0 Å². The maximum absolute atomic E-state index is 3.81. The van der Waals surface area contributed by atoms with E-state index in [2.05, 4.69) is 66.4 Å². The van der Waals surface area contributed by atoms with Crippen LogP contribution in [-0.2, 0) is 0 Å². The Hall–Kier alpha value is -0.0831. The third-order valence-corrected chi connectivity index (χ3v) is 8.78. The van der Waals surface area contributed by atoms with Gasteiger partial charge in [0.1, 0.15) is 0 Å². The molecule has 0 aromatic heterocycles. The minimum atomic E-state index is -0.570. The second-order valence-corrected chi connectivity index (χ2v) is 9.01. The molecule has 0 bridgehead atoms. The van der Waals surface area contributed by atoms with E-state index in [1.165, 1.54) is 5.19 Å². The molecule has 0 heterocycles. The molecular weight excluding hydrogens is 228 g/mol. The van der Waals surface area contributed by atoms with Crippen LogP contribution in [0.25, 0.3) is 0 Å². The minimum absolute atomic E-state index is 0.381. The Balaban J connectivity index is 2.86. The molecule has 1 radical (unpaired) electrons. The molecule has 0 aliphatic heterocycles. The summed E-state index contributed by atoms with van der Waals surface area (Å²) < 4.78 is 0. The molecule has 0 N–H and O–H groups in total. The first kappa shape index (κ1) is 10.0. The largest absolute Gasteiger partial charge is 0.175 e. The van der Waals surface area contributed by atoms with Crippen LogP contribution in [0.5, 0.6) is 0 Å². The first-order valence-corrected chi connectivity index (χ1v) is 7.86. The lowest BCUT2D eigenvalue weighted by Crippen LogP contribution is -2.32. The molecule has 0 aliphatic carbocycles. The van der Waals surface area contributed by atoms with Gasteiger partial charge in [-0.05, 0) is 10.2 Å². The average Bonchev–Trinajstić information content (AvgIpc) is 2.03. The third kappa shape index (κ3) is 2.46. The predicted molar refractivity (Wildman–Crippen MR) is 60.5 cm³/mol. The molecule has 0 aliphatic rings. The molecule has 65 valence electrons. The van der Waals surface area contributed by atoms with Crippen molar-refractivity contribution in [3.05, 3.63) is 30.3 Å². The van der Waals surface area contributed by atoms with Crippen LogP contribution in [0.15, 0.2) is 30.3 Å². The van der Waals surface area contributed by atoms with Gasteiger partial charge in [0.15, 0.2) is 7.42 Å². The Labute approximate surface area is 84.2 Å². The number of hydrogen-bond acceptors (Lipinski definition) is 0. The SMILES string of the molecule is CC(C)(C)[Si](Br)c1ccccc1. The van der Waals surface area contributed by atoms with Crippen LogP contribution in [-0.4, -0.2) is 7.42 Å². The Bertz CT molecular complexity index is 238. The van der Waals surface area contributed by atoms with Gasteiger partial charge in [0.2, 0.25) is 0 Å². The second kappa shape index (κ2) is 3.75. The summed E-state index contributed by atoms with van der Waals surface area (Å²) in [6.45, 7) is 6.84. The van der Waals surface area contributed by atoms with Crippen LogP contribution in [0.2, 0.25) is 5.04 Å². The van der Waals surface area contributed by atoms with Crippen molar-refractivity contribution < 1.29 is 0 Å². The van der Waals surface area contributed by atoms with E-state index in [4.69, 9.17) is 0 Å². The molecule has 0 saturated carbocycles. The summed E-state index contributed by atoms with van der Waals surface area (Å²) in [7, 11) is -0.570. The fraction of sp³-hybridized carbons (Fsp3) is 0.400. The molecule has 1 rings (SSSR count). The molecule has 1 aromatic carbocycles. The van der Waals surface area contributed by atoms with Gasteiger partial charge < -0.3 is 0 Å². The van der Waals surface area contributed by atoms with Crippen molar-refractivity contribution in [2.75, 3.05) is 0 Å². The summed E-state index contributed by atoms with van der Waals surface area (Å²) in [6, 6.07) is 10.7. The average molecular weight is 242 g/mol. The van der Waals surface area contributed by atoms with Crippen LogP contribution in [0.1, 0.15) is 20.8 Å². The Morgan fingerprint density at radius 3 is 2.00 bits per heavy atom. The van der Waals surface area contributed by atoms with Gasteiger partial charge in [-0.3, -0.25) is 0 Å². The van der Waals surface area contributed by atoms with Gasteiger partial charge >= 0.3 is 0 Å². The molecule has 0 nitrogen and oxygen atoms in total. The van der Waals surface area contributed by atoms with Crippen molar-refractivity contribution in [3.8, 4) is 0 Å². The van der Waals surface area contributed by atoms with Gasteiger partial charge in [0, 0.05) is 0 Å². The van der Waals surface area contributed by atoms with E-state index in [1.807, 2.05) is 0 Å². The fourth-order valence-corrected chi connectivity index (χ4v) is 3.16. The quantitative estimate of drug-likeness (QED) is 0.524. The van der Waals surface area contributed by atoms with Crippen molar-refractivity contribution in [1.29, 1.82) is 0 Å². The van der Waals surface area contributed by atoms with Gasteiger partial charge in [-0.25, -0.2) is 0 Å². The first-order chi connectivity index (χ1) is 5.52. The predicted octanol–water partition coefficient (Wildman–Crippen LogP) is 3.08. The molecule has 0 amide bonds. The molecule has 1 aromatic rings. The van der Waals surface area contributed by atoms with Crippen molar-refractivity contribution in [2.45, 2.75) is 25.8 Å². The van der Waals surface area contributed by atoms with Crippen molar-refractivity contribution in [2.24, 2.45) is 0 Å². The second-order valence-electron chi connectivity index (χ2n) is 3.93. The van der Waals surface area contributed by atoms with E-state index < -0.39 is 7.42 Å². The van der Waals surface area contributed by atoms with Gasteiger partial charge in [0.05, 0.1) is 0 Å². The van der Waals surface area contributed by atoms with Gasteiger partial charge in [-0.15, -0.1) is 15.3 Å². The smallest absolute Gasteiger partial charge is 0.122 e. The Morgan fingerprint density at radius 2 is 1.58 bits per heavy atom. The zero-order valence-electron chi connectivity index (χ0n) is 7.76. The van der Waals surface area contributed by atoms with Gasteiger partial charge in [-0.2, -0.15) is 0 Å². The molecule has 12 heavy (non-hydrogen) atoms. The highest BCUT2D eigenvalue weighted by Crippen LogP contribution is 2.29. The van der Waals surface area contributed by atoms with Gasteiger partial charge in [0.25, 0.3) is 0 Å².